The number of aliphatic hydroxyl groups excluding tert-OH is 2. The van der Waals surface area contributed by atoms with Gasteiger partial charge in [0, 0.05) is 84.4 Å². The predicted molar refractivity (Wildman–Crippen MR) is 260 cm³/mol. The van der Waals surface area contributed by atoms with Crippen molar-refractivity contribution < 1.29 is 33.3 Å². The molecule has 4 aliphatic heterocycles. The number of piperidine rings is 1. The standard InChI is InChI=1S/C29H41F2N5O.C10H13N5O4.C8H11N3O3S/c1-19(2)27-34-33-20(3)36(27)25-17-23-9-10-24(18-25)35(23)16-13-26(21-7-5-4-6-8-21)32-28(37)22-11-14-29(30,31)15-12-22;1-5-3-15(10(18)12-9(5)17)8-2-6(13-14-11)7(4-16)19-8;9-5-1-2-11(8(13)10-5)6-4-15-7(3-12)14-6/h4-8,19,22-26H,9-18H2,1-3H3,(H,32,37);3,6-8,16H,2,4H2,1H3,(H,12,17,18);1-2,6-7,12H,3-4H2,(H2,9,10,13)/t23-,24+,25?,26-;6-,7+,8+;6-,7+/m000/s1. The number of nitrogens with one attached hydrogen (secondary N) is 2. The second-order valence-electron chi connectivity index (χ2n) is 19.1. The molecular weight excluding hydrogens is 945 g/mol. The van der Waals surface area contributed by atoms with Crippen LogP contribution in [0.4, 0.5) is 14.6 Å². The maximum absolute atomic E-state index is 13.6. The molecule has 7 heterocycles. The largest absolute Gasteiger partial charge is 0.394 e. The number of nitrogen functional groups attached to an aromatic ring is 1. The Labute approximate surface area is 413 Å². The van der Waals surface area contributed by atoms with Crippen molar-refractivity contribution in [1.82, 2.24) is 44.1 Å². The van der Waals surface area contributed by atoms with Crippen molar-refractivity contribution in [2.45, 2.75) is 158 Å². The summed E-state index contributed by atoms with van der Waals surface area (Å²) < 4.78 is 43.1. The molecule has 386 valence electrons. The number of hydrogen-bond acceptors (Lipinski definition) is 15. The van der Waals surface area contributed by atoms with Crippen molar-refractivity contribution >= 4 is 23.5 Å². The van der Waals surface area contributed by atoms with Gasteiger partial charge in [-0.2, -0.15) is 4.98 Å². The quantitative estimate of drug-likeness (QED) is 0.0657. The molecule has 6 N–H and O–H groups in total. The van der Waals surface area contributed by atoms with Gasteiger partial charge in [-0.05, 0) is 76.0 Å². The highest BCUT2D eigenvalue weighted by molar-refractivity contribution is 8.00. The highest BCUT2D eigenvalue weighted by atomic mass is 32.2. The predicted octanol–water partition coefficient (Wildman–Crippen LogP) is 5.16. The second kappa shape index (κ2) is 23.8. The van der Waals surface area contributed by atoms with Gasteiger partial charge in [-0.25, -0.2) is 18.4 Å². The van der Waals surface area contributed by atoms with Crippen molar-refractivity contribution in [3.05, 3.63) is 113 Å². The van der Waals surface area contributed by atoms with Crippen molar-refractivity contribution in [3.63, 3.8) is 0 Å². The van der Waals surface area contributed by atoms with Gasteiger partial charge >= 0.3 is 11.4 Å². The van der Waals surface area contributed by atoms with E-state index in [0.29, 0.717) is 35.4 Å². The number of aromatic amines is 1. The third kappa shape index (κ3) is 13.1. The van der Waals surface area contributed by atoms with E-state index in [-0.39, 0.29) is 80.7 Å². The number of aryl methyl sites for hydroxylation is 2. The number of H-pyrrole nitrogens is 1. The Bertz CT molecular complexity index is 2640. The highest BCUT2D eigenvalue weighted by Crippen LogP contribution is 2.43. The summed E-state index contributed by atoms with van der Waals surface area (Å²) in [5.41, 5.74) is 13.5. The van der Waals surface area contributed by atoms with Crippen LogP contribution >= 0.6 is 11.8 Å². The lowest BCUT2D eigenvalue weighted by Crippen LogP contribution is -2.45. The van der Waals surface area contributed by atoms with Crippen LogP contribution in [0.25, 0.3) is 10.4 Å². The van der Waals surface area contributed by atoms with Gasteiger partial charge in [-0.1, -0.05) is 49.3 Å². The number of anilines is 1. The van der Waals surface area contributed by atoms with Crippen LogP contribution < -0.4 is 28.0 Å². The van der Waals surface area contributed by atoms with E-state index in [9.17, 15) is 28.0 Å². The zero-order chi connectivity index (χ0) is 51.0. The third-order valence-corrected chi connectivity index (χ3v) is 15.1. The zero-order valence-corrected chi connectivity index (χ0v) is 41.2. The molecule has 21 nitrogen and oxygen atoms in total. The summed E-state index contributed by atoms with van der Waals surface area (Å²) in [5.74, 6) is 0.244. The second-order valence-corrected chi connectivity index (χ2v) is 20.3. The summed E-state index contributed by atoms with van der Waals surface area (Å²) >= 11 is 1.47. The molecule has 1 aliphatic carbocycles. The fourth-order valence-electron chi connectivity index (χ4n) is 10.3. The fraction of sp³-hybridized carbons (Fsp3) is 0.638. The van der Waals surface area contributed by atoms with E-state index in [0.717, 1.165) is 43.0 Å². The van der Waals surface area contributed by atoms with Crippen LogP contribution in [0.3, 0.4) is 0 Å². The number of hydrogen-bond donors (Lipinski definition) is 5. The van der Waals surface area contributed by atoms with Crippen LogP contribution in [-0.4, -0.2) is 116 Å². The molecule has 9 atom stereocenters. The van der Waals surface area contributed by atoms with Crippen molar-refractivity contribution in [2.75, 3.05) is 31.2 Å². The average molecular weight is 1010 g/mol. The first kappa shape index (κ1) is 53.3. The Morgan fingerprint density at radius 1 is 0.986 bits per heavy atom. The normalized spacial score (nSPS) is 26.4. The molecule has 4 saturated heterocycles. The van der Waals surface area contributed by atoms with E-state index in [1.807, 2.05) is 18.2 Å². The molecule has 1 aromatic carbocycles. The van der Waals surface area contributed by atoms with E-state index < -0.39 is 41.2 Å². The van der Waals surface area contributed by atoms with Gasteiger partial charge in [0.1, 0.15) is 35.4 Å². The molecule has 5 fully saturated rings. The number of fused-ring (bicyclic) bond motifs is 2. The zero-order valence-electron chi connectivity index (χ0n) is 40.4. The monoisotopic (exact) mass is 1010 g/mol. The average Bonchev–Trinajstić information content (AvgIpc) is 4.14. The number of aliphatic hydroxyl groups is 2. The van der Waals surface area contributed by atoms with Crippen LogP contribution in [0.2, 0.25) is 0 Å². The van der Waals surface area contributed by atoms with Gasteiger partial charge in [0.15, 0.2) is 0 Å². The number of carbonyl (C=O) groups is 1. The smallest absolute Gasteiger partial charge is 0.351 e. The lowest BCUT2D eigenvalue weighted by Gasteiger charge is -2.40. The number of nitrogens with two attached hydrogens (primary N) is 1. The molecule has 1 saturated carbocycles. The number of alkyl halides is 2. The number of amides is 1. The summed E-state index contributed by atoms with van der Waals surface area (Å²) in [6.45, 7) is 8.55. The van der Waals surface area contributed by atoms with Gasteiger partial charge in [0.25, 0.3) is 5.56 Å². The topological polar surface area (TPSA) is 286 Å². The SMILES string of the molecule is Cc1cn([C@H]2C[C@H](N=[N+]=[N-])[C@@H](CO)O2)c(=O)[nH]c1=O.Cc1nnc(C(C)C)n1C1C[C@H]2CC[C@@H](C1)N2CC[C@H](NC(=O)C1CCC(F)(F)CC1)c1ccccc1.Nc1ccn([C@@H]2CS[C@H](CO)O2)c(=O)n1. The number of halogens is 2. The van der Waals surface area contributed by atoms with Gasteiger partial charge in [-0.15, -0.1) is 22.0 Å². The molecule has 24 heteroatoms. The number of carbonyl (C=O) groups excluding carboxylic acids is 1. The minimum absolute atomic E-state index is 0.0572. The molecule has 71 heavy (non-hydrogen) atoms. The van der Waals surface area contributed by atoms with E-state index in [2.05, 4.69) is 77.9 Å². The van der Waals surface area contributed by atoms with E-state index in [1.165, 1.54) is 39.9 Å². The lowest BCUT2D eigenvalue weighted by atomic mass is 9.86. The van der Waals surface area contributed by atoms with Crippen LogP contribution in [-0.2, 0) is 14.3 Å². The maximum atomic E-state index is 13.6. The molecule has 9 rings (SSSR count). The molecule has 3 aromatic heterocycles. The Morgan fingerprint density at radius 2 is 1.69 bits per heavy atom. The molecule has 0 radical (unpaired) electrons. The Kier molecular flexibility index (Phi) is 17.9. The van der Waals surface area contributed by atoms with Crippen molar-refractivity contribution in [1.29, 1.82) is 0 Å². The summed E-state index contributed by atoms with van der Waals surface area (Å²) in [4.78, 5) is 58.6. The first-order chi connectivity index (χ1) is 34.0. The Balaban J connectivity index is 0.000000181. The number of ether oxygens (including phenoxy) is 2. The maximum Gasteiger partial charge on any atom is 0.351 e. The van der Waals surface area contributed by atoms with Gasteiger partial charge < -0.3 is 35.3 Å². The third-order valence-electron chi connectivity index (χ3n) is 14.0. The minimum atomic E-state index is -2.62. The number of rotatable bonds is 13. The van der Waals surface area contributed by atoms with E-state index in [4.69, 9.17) is 31.0 Å². The molecule has 1 unspecified atom stereocenters. The van der Waals surface area contributed by atoms with Gasteiger partial charge in [0.2, 0.25) is 11.8 Å². The molecule has 1 amide bonds. The highest BCUT2D eigenvalue weighted by Gasteiger charge is 2.43. The van der Waals surface area contributed by atoms with Crippen LogP contribution in [0.15, 0.2) is 68.3 Å². The van der Waals surface area contributed by atoms with Crippen LogP contribution in [0.1, 0.15) is 131 Å². The Hall–Kier alpha value is -5.49. The molecule has 5 aliphatic rings. The van der Waals surface area contributed by atoms with Crippen LogP contribution in [0, 0.1) is 19.8 Å². The summed E-state index contributed by atoms with van der Waals surface area (Å²) in [6, 6.07) is 12.5. The minimum Gasteiger partial charge on any atom is -0.394 e. The first-order valence-electron chi connectivity index (χ1n) is 24.2. The molecular formula is C47H65F2N13O8S. The fourth-order valence-corrected chi connectivity index (χ4v) is 11.2. The number of benzene rings is 1. The van der Waals surface area contributed by atoms with Gasteiger partial charge in [-0.3, -0.25) is 28.6 Å². The number of azide groups is 1. The number of nitrogens with zero attached hydrogens (tertiary/aromatic N) is 10. The number of aromatic nitrogens is 7. The van der Waals surface area contributed by atoms with E-state index >= 15 is 0 Å². The van der Waals surface area contributed by atoms with E-state index in [1.54, 1.807) is 19.2 Å². The first-order valence-corrected chi connectivity index (χ1v) is 25.3. The summed E-state index contributed by atoms with van der Waals surface area (Å²) in [6.07, 6.45) is 7.10. The van der Waals surface area contributed by atoms with Crippen molar-refractivity contribution in [2.24, 2.45) is 11.0 Å². The van der Waals surface area contributed by atoms with Gasteiger partial charge in [0.05, 0.1) is 31.4 Å². The Morgan fingerprint density at radius 3 is 2.31 bits per heavy atom. The summed E-state index contributed by atoms with van der Waals surface area (Å²) in [5, 5.41) is 33.6. The lowest BCUT2D eigenvalue weighted by molar-refractivity contribution is -0.130. The van der Waals surface area contributed by atoms with Crippen molar-refractivity contribution in [3.8, 4) is 0 Å². The van der Waals surface area contributed by atoms with Crippen LogP contribution in [0.5, 0.6) is 0 Å². The molecule has 2 bridgehead atoms. The summed E-state index contributed by atoms with van der Waals surface area (Å²) in [7, 11) is 0. The molecule has 0 spiro atoms. The number of thioether (sulfide) groups is 1. The molecule has 4 aromatic rings.